The molecule has 19 heavy (non-hydrogen) atoms. The van der Waals surface area contributed by atoms with E-state index in [1.54, 1.807) is 6.07 Å². The van der Waals surface area contributed by atoms with E-state index in [0.29, 0.717) is 16.5 Å². The molecule has 1 heterocycles. The first kappa shape index (κ1) is 13.9. The van der Waals surface area contributed by atoms with E-state index in [2.05, 4.69) is 22.0 Å². The van der Waals surface area contributed by atoms with E-state index >= 15 is 0 Å². The number of aliphatic carboxylic acids is 1. The molecule has 0 aliphatic carbocycles. The quantitative estimate of drug-likeness (QED) is 0.908. The highest BCUT2D eigenvalue weighted by atomic mass is 79.9. The molecule has 1 fully saturated rings. The molecule has 1 N–H and O–H groups in total. The Morgan fingerprint density at radius 1 is 1.42 bits per heavy atom. The zero-order valence-electron chi connectivity index (χ0n) is 10.5. The molecule has 0 aromatic heterocycles. The van der Waals surface area contributed by atoms with Crippen molar-refractivity contribution in [3.8, 4) is 6.07 Å². The van der Waals surface area contributed by atoms with Crippen LogP contribution in [0.4, 0.5) is 5.69 Å². The molecule has 1 saturated heterocycles. The molecule has 1 atom stereocenters. The van der Waals surface area contributed by atoms with Crippen molar-refractivity contribution in [2.75, 3.05) is 11.4 Å². The number of halogens is 1. The van der Waals surface area contributed by atoms with Gasteiger partial charge in [-0.2, -0.15) is 5.26 Å². The van der Waals surface area contributed by atoms with Gasteiger partial charge in [0.1, 0.15) is 12.1 Å². The molecule has 5 heteroatoms. The Morgan fingerprint density at radius 3 is 2.84 bits per heavy atom. The van der Waals surface area contributed by atoms with Crippen LogP contribution in [0.5, 0.6) is 0 Å². The van der Waals surface area contributed by atoms with Crippen LogP contribution in [0.25, 0.3) is 0 Å². The summed E-state index contributed by atoms with van der Waals surface area (Å²) < 4.78 is 0.709. The number of carbonyl (C=O) groups is 1. The van der Waals surface area contributed by atoms with Gasteiger partial charge in [-0.05, 0) is 47.0 Å². The second kappa shape index (κ2) is 6.07. The molecule has 4 nitrogen and oxygen atoms in total. The topological polar surface area (TPSA) is 64.3 Å². The van der Waals surface area contributed by atoms with Gasteiger partial charge in [0.05, 0.1) is 5.56 Å². The van der Waals surface area contributed by atoms with Gasteiger partial charge < -0.3 is 10.0 Å². The first-order chi connectivity index (χ1) is 9.13. The molecule has 2 rings (SSSR count). The fraction of sp³-hybridized carbons (Fsp3) is 0.429. The molecule has 1 aromatic rings. The zero-order valence-corrected chi connectivity index (χ0v) is 12.1. The first-order valence-electron chi connectivity index (χ1n) is 6.32. The minimum atomic E-state index is -0.776. The van der Waals surface area contributed by atoms with E-state index in [1.807, 2.05) is 17.0 Å². The van der Waals surface area contributed by atoms with Gasteiger partial charge in [-0.3, -0.25) is 0 Å². The number of carboxylic acid groups (broad SMARTS) is 1. The van der Waals surface area contributed by atoms with Gasteiger partial charge >= 0.3 is 5.97 Å². The number of nitriles is 1. The van der Waals surface area contributed by atoms with Gasteiger partial charge in [0.15, 0.2) is 0 Å². The van der Waals surface area contributed by atoms with E-state index in [4.69, 9.17) is 5.26 Å². The molecule has 1 aliphatic rings. The number of hydrogen-bond acceptors (Lipinski definition) is 3. The van der Waals surface area contributed by atoms with E-state index in [0.717, 1.165) is 31.5 Å². The predicted octanol–water partition coefficient (Wildman–Crippen LogP) is 3.15. The summed E-state index contributed by atoms with van der Waals surface area (Å²) in [6, 6.07) is 7.00. The molecule has 0 spiro atoms. The van der Waals surface area contributed by atoms with Gasteiger partial charge in [0.25, 0.3) is 0 Å². The average molecular weight is 323 g/mol. The Kier molecular flexibility index (Phi) is 4.43. The summed E-state index contributed by atoms with van der Waals surface area (Å²) in [7, 11) is 0. The third-order valence-corrected chi connectivity index (χ3v) is 4.10. The summed E-state index contributed by atoms with van der Waals surface area (Å²) in [6.07, 6.45) is 3.69. The molecule has 1 aromatic carbocycles. The van der Waals surface area contributed by atoms with Crippen molar-refractivity contribution in [2.45, 2.75) is 31.7 Å². The predicted molar refractivity (Wildman–Crippen MR) is 76.1 cm³/mol. The molecule has 100 valence electrons. The normalized spacial score (nSPS) is 19.6. The lowest BCUT2D eigenvalue weighted by molar-refractivity contribution is -0.138. The summed E-state index contributed by atoms with van der Waals surface area (Å²) in [5.74, 6) is -0.776. The maximum atomic E-state index is 11.4. The van der Waals surface area contributed by atoms with Crippen LogP contribution in [0, 0.1) is 11.3 Å². The molecule has 0 saturated carbocycles. The van der Waals surface area contributed by atoms with Crippen molar-refractivity contribution in [3.05, 3.63) is 28.2 Å². The molecular weight excluding hydrogens is 308 g/mol. The maximum absolute atomic E-state index is 11.4. The van der Waals surface area contributed by atoms with Crippen molar-refractivity contribution in [1.29, 1.82) is 5.26 Å². The highest BCUT2D eigenvalue weighted by Crippen LogP contribution is 2.28. The first-order valence-corrected chi connectivity index (χ1v) is 7.12. The van der Waals surface area contributed by atoms with Crippen LogP contribution < -0.4 is 4.90 Å². The van der Waals surface area contributed by atoms with E-state index in [-0.39, 0.29) is 0 Å². The van der Waals surface area contributed by atoms with E-state index in [1.165, 1.54) is 0 Å². The standard InChI is InChI=1S/C14H15BrN2O2/c15-12-8-11(6-5-10(12)9-16)17-7-3-1-2-4-13(17)14(18)19/h5-6,8,13H,1-4,7H2,(H,18,19). The van der Waals surface area contributed by atoms with Crippen molar-refractivity contribution in [2.24, 2.45) is 0 Å². The zero-order chi connectivity index (χ0) is 13.8. The highest BCUT2D eigenvalue weighted by Gasteiger charge is 2.27. The third-order valence-electron chi connectivity index (χ3n) is 3.44. The summed E-state index contributed by atoms with van der Waals surface area (Å²) in [5, 5.41) is 18.3. The minimum Gasteiger partial charge on any atom is -0.480 e. The highest BCUT2D eigenvalue weighted by molar-refractivity contribution is 9.10. The molecule has 0 amide bonds. The van der Waals surface area contributed by atoms with Gasteiger partial charge in [0, 0.05) is 16.7 Å². The third kappa shape index (κ3) is 3.07. The van der Waals surface area contributed by atoms with Crippen molar-refractivity contribution in [3.63, 3.8) is 0 Å². The lowest BCUT2D eigenvalue weighted by atomic mass is 10.1. The van der Waals surface area contributed by atoms with Crippen LogP contribution in [-0.4, -0.2) is 23.7 Å². The van der Waals surface area contributed by atoms with Crippen LogP contribution in [0.15, 0.2) is 22.7 Å². The lowest BCUT2D eigenvalue weighted by Crippen LogP contribution is -2.40. The number of anilines is 1. The number of rotatable bonds is 2. The van der Waals surface area contributed by atoms with Gasteiger partial charge in [-0.15, -0.1) is 0 Å². The summed E-state index contributed by atoms with van der Waals surface area (Å²) in [4.78, 5) is 13.3. The second-order valence-electron chi connectivity index (χ2n) is 4.67. The fourth-order valence-electron chi connectivity index (χ4n) is 2.45. The van der Waals surface area contributed by atoms with Crippen LogP contribution in [-0.2, 0) is 4.79 Å². The Hall–Kier alpha value is -1.54. The van der Waals surface area contributed by atoms with Gasteiger partial charge in [-0.25, -0.2) is 4.79 Å². The van der Waals surface area contributed by atoms with E-state index < -0.39 is 12.0 Å². The number of carboxylic acids is 1. The summed E-state index contributed by atoms with van der Waals surface area (Å²) in [5.41, 5.74) is 1.42. The fourth-order valence-corrected chi connectivity index (χ4v) is 2.90. The number of hydrogen-bond donors (Lipinski definition) is 1. The molecule has 0 bridgehead atoms. The average Bonchev–Trinajstić information content (AvgIpc) is 2.64. The molecule has 1 aliphatic heterocycles. The van der Waals surface area contributed by atoms with Crippen LogP contribution in [0.1, 0.15) is 31.2 Å². The minimum absolute atomic E-state index is 0.470. The Labute approximate surface area is 120 Å². The number of nitrogens with zero attached hydrogens (tertiary/aromatic N) is 2. The summed E-state index contributed by atoms with van der Waals surface area (Å²) >= 11 is 3.35. The molecule has 0 radical (unpaired) electrons. The SMILES string of the molecule is N#Cc1ccc(N2CCCCCC2C(=O)O)cc1Br. The number of benzene rings is 1. The van der Waals surface area contributed by atoms with Crippen molar-refractivity contribution < 1.29 is 9.90 Å². The van der Waals surface area contributed by atoms with Crippen molar-refractivity contribution in [1.82, 2.24) is 0 Å². The Bertz CT molecular complexity index is 525. The van der Waals surface area contributed by atoms with Crippen LogP contribution >= 0.6 is 15.9 Å². The lowest BCUT2D eigenvalue weighted by Gasteiger charge is -2.29. The van der Waals surface area contributed by atoms with Gasteiger partial charge in [0.2, 0.25) is 0 Å². The van der Waals surface area contributed by atoms with Crippen molar-refractivity contribution >= 4 is 27.6 Å². The molecular formula is C14H15BrN2O2. The van der Waals surface area contributed by atoms with Crippen LogP contribution in [0.3, 0.4) is 0 Å². The monoisotopic (exact) mass is 322 g/mol. The largest absolute Gasteiger partial charge is 0.480 e. The Balaban J connectivity index is 2.34. The smallest absolute Gasteiger partial charge is 0.326 e. The Morgan fingerprint density at radius 2 is 2.21 bits per heavy atom. The van der Waals surface area contributed by atoms with Gasteiger partial charge in [-0.1, -0.05) is 12.8 Å². The van der Waals surface area contributed by atoms with E-state index in [9.17, 15) is 9.90 Å². The summed E-state index contributed by atoms with van der Waals surface area (Å²) in [6.45, 7) is 0.745. The van der Waals surface area contributed by atoms with Crippen LogP contribution in [0.2, 0.25) is 0 Å². The molecule has 1 unspecified atom stereocenters. The second-order valence-corrected chi connectivity index (χ2v) is 5.53. The maximum Gasteiger partial charge on any atom is 0.326 e.